The van der Waals surface area contributed by atoms with Crippen molar-refractivity contribution in [2.75, 3.05) is 6.54 Å². The van der Waals surface area contributed by atoms with E-state index in [0.717, 1.165) is 17.8 Å². The van der Waals surface area contributed by atoms with Crippen molar-refractivity contribution in [3.05, 3.63) is 18.1 Å². The minimum absolute atomic E-state index is 0.434. The van der Waals surface area contributed by atoms with E-state index in [1.165, 1.54) is 0 Å². The molecule has 74 valence electrons. The predicted molar refractivity (Wildman–Crippen MR) is 53.6 cm³/mol. The monoisotopic (exact) mass is 191 g/mol. The van der Waals surface area contributed by atoms with Crippen LogP contribution >= 0.6 is 0 Å². The van der Waals surface area contributed by atoms with Gasteiger partial charge in [0.1, 0.15) is 5.82 Å². The lowest BCUT2D eigenvalue weighted by Crippen LogP contribution is -2.13. The third kappa shape index (κ3) is 1.72. The average Bonchev–Trinajstić information content (AvgIpc) is 2.59. The number of hydrogen-bond acceptors (Lipinski definition) is 4. The van der Waals surface area contributed by atoms with Crippen molar-refractivity contribution >= 4 is 11.2 Å². The Morgan fingerprint density at radius 1 is 1.57 bits per heavy atom. The Morgan fingerprint density at radius 3 is 3.14 bits per heavy atom. The van der Waals surface area contributed by atoms with Crippen LogP contribution in [-0.4, -0.2) is 26.7 Å². The lowest BCUT2D eigenvalue weighted by atomic mass is 10.1. The standard InChI is InChI=1S/C9H13N5/c1-6(5-10)4-8-12-7-2-3-11-14-9(7)13-8/h2-3,6H,4-5,10H2,1H3,(H,12,13,14). The molecule has 2 heterocycles. The Bertz CT molecular complexity index is 389. The van der Waals surface area contributed by atoms with E-state index in [1.54, 1.807) is 6.20 Å². The van der Waals surface area contributed by atoms with Crippen LogP contribution in [0.4, 0.5) is 0 Å². The van der Waals surface area contributed by atoms with E-state index in [-0.39, 0.29) is 0 Å². The van der Waals surface area contributed by atoms with Crippen LogP contribution in [0.15, 0.2) is 12.3 Å². The maximum absolute atomic E-state index is 5.54. The fraction of sp³-hybridized carbons (Fsp3) is 0.444. The first-order chi connectivity index (χ1) is 6.79. The molecule has 5 nitrogen and oxygen atoms in total. The fourth-order valence-corrected chi connectivity index (χ4v) is 1.33. The van der Waals surface area contributed by atoms with Crippen molar-refractivity contribution in [2.24, 2.45) is 11.7 Å². The molecule has 0 radical (unpaired) electrons. The molecule has 0 aliphatic heterocycles. The van der Waals surface area contributed by atoms with Gasteiger partial charge in [-0.05, 0) is 18.5 Å². The first-order valence-corrected chi connectivity index (χ1v) is 4.66. The molecule has 5 heteroatoms. The molecule has 2 aromatic heterocycles. The number of nitrogens with zero attached hydrogens (tertiary/aromatic N) is 3. The van der Waals surface area contributed by atoms with E-state index in [2.05, 4.69) is 27.1 Å². The van der Waals surface area contributed by atoms with Gasteiger partial charge in [0.2, 0.25) is 0 Å². The maximum Gasteiger partial charge on any atom is 0.199 e. The zero-order valence-corrected chi connectivity index (χ0v) is 8.07. The molecule has 0 fully saturated rings. The van der Waals surface area contributed by atoms with Gasteiger partial charge in [-0.25, -0.2) is 4.98 Å². The zero-order chi connectivity index (χ0) is 9.97. The van der Waals surface area contributed by atoms with E-state index in [9.17, 15) is 0 Å². The maximum atomic E-state index is 5.54. The van der Waals surface area contributed by atoms with Gasteiger partial charge < -0.3 is 10.7 Å². The SMILES string of the molecule is CC(CN)Cc1nc2nnccc2[nH]1. The smallest absolute Gasteiger partial charge is 0.199 e. The molecular formula is C9H13N5. The van der Waals surface area contributed by atoms with E-state index in [0.29, 0.717) is 18.1 Å². The van der Waals surface area contributed by atoms with Gasteiger partial charge in [-0.2, -0.15) is 5.10 Å². The summed E-state index contributed by atoms with van der Waals surface area (Å²) < 4.78 is 0. The third-order valence-corrected chi connectivity index (χ3v) is 2.17. The van der Waals surface area contributed by atoms with E-state index in [4.69, 9.17) is 5.73 Å². The van der Waals surface area contributed by atoms with Crippen molar-refractivity contribution in [1.82, 2.24) is 20.2 Å². The Labute approximate surface area is 81.7 Å². The minimum Gasteiger partial charge on any atom is -0.340 e. The second kappa shape index (κ2) is 3.71. The van der Waals surface area contributed by atoms with Crippen molar-refractivity contribution < 1.29 is 0 Å². The number of fused-ring (bicyclic) bond motifs is 1. The van der Waals surface area contributed by atoms with Gasteiger partial charge in [0, 0.05) is 6.42 Å². The third-order valence-electron chi connectivity index (χ3n) is 2.17. The first-order valence-electron chi connectivity index (χ1n) is 4.66. The summed E-state index contributed by atoms with van der Waals surface area (Å²) in [5.74, 6) is 1.36. The van der Waals surface area contributed by atoms with Gasteiger partial charge in [0.15, 0.2) is 5.65 Å². The molecule has 0 saturated heterocycles. The number of rotatable bonds is 3. The summed E-state index contributed by atoms with van der Waals surface area (Å²) in [6, 6.07) is 1.87. The molecule has 0 spiro atoms. The zero-order valence-electron chi connectivity index (χ0n) is 8.07. The van der Waals surface area contributed by atoms with Crippen LogP contribution in [0.2, 0.25) is 0 Å². The normalized spacial score (nSPS) is 13.3. The van der Waals surface area contributed by atoms with Gasteiger partial charge in [0.25, 0.3) is 0 Å². The molecule has 1 atom stereocenters. The van der Waals surface area contributed by atoms with E-state index in [1.807, 2.05) is 6.07 Å². The Morgan fingerprint density at radius 2 is 2.43 bits per heavy atom. The van der Waals surface area contributed by atoms with Gasteiger partial charge in [-0.3, -0.25) is 0 Å². The molecule has 14 heavy (non-hydrogen) atoms. The summed E-state index contributed by atoms with van der Waals surface area (Å²) in [6.45, 7) is 2.77. The Balaban J connectivity index is 2.27. The van der Waals surface area contributed by atoms with Crippen LogP contribution < -0.4 is 5.73 Å². The lowest BCUT2D eigenvalue weighted by molar-refractivity contribution is 0.578. The largest absolute Gasteiger partial charge is 0.340 e. The van der Waals surface area contributed by atoms with Gasteiger partial charge >= 0.3 is 0 Å². The molecule has 0 saturated carbocycles. The minimum atomic E-state index is 0.434. The highest BCUT2D eigenvalue weighted by Gasteiger charge is 2.06. The van der Waals surface area contributed by atoms with Crippen LogP contribution in [0.5, 0.6) is 0 Å². The summed E-state index contributed by atoms with van der Waals surface area (Å²) in [7, 11) is 0. The highest BCUT2D eigenvalue weighted by Crippen LogP contribution is 2.09. The number of imidazole rings is 1. The van der Waals surface area contributed by atoms with Crippen LogP contribution in [0.3, 0.4) is 0 Å². The molecule has 0 amide bonds. The Kier molecular flexibility index (Phi) is 2.41. The van der Waals surface area contributed by atoms with E-state index >= 15 is 0 Å². The second-order valence-electron chi connectivity index (χ2n) is 3.50. The predicted octanol–water partition coefficient (Wildman–Crippen LogP) is 0.490. The van der Waals surface area contributed by atoms with Gasteiger partial charge in [-0.15, -0.1) is 5.10 Å². The number of aromatic amines is 1. The molecule has 0 aliphatic carbocycles. The summed E-state index contributed by atoms with van der Waals surface area (Å²) >= 11 is 0. The number of aromatic nitrogens is 4. The molecule has 0 aromatic carbocycles. The van der Waals surface area contributed by atoms with Crippen LogP contribution in [0.1, 0.15) is 12.7 Å². The van der Waals surface area contributed by atoms with E-state index < -0.39 is 0 Å². The van der Waals surface area contributed by atoms with Crippen molar-refractivity contribution in [3.8, 4) is 0 Å². The molecule has 2 rings (SSSR count). The summed E-state index contributed by atoms with van der Waals surface area (Å²) in [5, 5.41) is 7.68. The van der Waals surface area contributed by atoms with Crippen LogP contribution in [-0.2, 0) is 6.42 Å². The van der Waals surface area contributed by atoms with Gasteiger partial charge in [0.05, 0.1) is 11.7 Å². The molecule has 3 N–H and O–H groups in total. The highest BCUT2D eigenvalue weighted by molar-refractivity contribution is 5.69. The average molecular weight is 191 g/mol. The van der Waals surface area contributed by atoms with Crippen LogP contribution in [0.25, 0.3) is 11.2 Å². The summed E-state index contributed by atoms with van der Waals surface area (Å²) in [4.78, 5) is 7.51. The molecule has 1 unspecified atom stereocenters. The summed E-state index contributed by atoms with van der Waals surface area (Å²) in [6.07, 6.45) is 2.50. The Hall–Kier alpha value is -1.49. The van der Waals surface area contributed by atoms with Crippen LogP contribution in [0, 0.1) is 5.92 Å². The quantitative estimate of drug-likeness (QED) is 0.739. The fourth-order valence-electron chi connectivity index (χ4n) is 1.33. The molecular weight excluding hydrogens is 178 g/mol. The number of hydrogen-bond donors (Lipinski definition) is 2. The number of nitrogens with one attached hydrogen (secondary N) is 1. The molecule has 2 aromatic rings. The topological polar surface area (TPSA) is 80.5 Å². The first kappa shape index (κ1) is 9.08. The molecule has 0 bridgehead atoms. The molecule has 0 aliphatic rings. The number of H-pyrrole nitrogens is 1. The number of nitrogens with two attached hydrogens (primary N) is 1. The van der Waals surface area contributed by atoms with Crippen molar-refractivity contribution in [3.63, 3.8) is 0 Å². The lowest BCUT2D eigenvalue weighted by Gasteiger charge is -2.03. The van der Waals surface area contributed by atoms with Crippen molar-refractivity contribution in [1.29, 1.82) is 0 Å². The van der Waals surface area contributed by atoms with Crippen molar-refractivity contribution in [2.45, 2.75) is 13.3 Å². The van der Waals surface area contributed by atoms with Gasteiger partial charge in [-0.1, -0.05) is 6.92 Å². The second-order valence-corrected chi connectivity index (χ2v) is 3.50. The highest BCUT2D eigenvalue weighted by atomic mass is 15.1. The summed E-state index contributed by atoms with van der Waals surface area (Å²) in [5.41, 5.74) is 7.15.